The lowest BCUT2D eigenvalue weighted by atomic mass is 9.84. The number of nitrogens with one attached hydrogen (secondary N) is 2. The number of amidine groups is 1. The molecule has 0 fully saturated rings. The van der Waals surface area contributed by atoms with Gasteiger partial charge in [0.1, 0.15) is 11.5 Å². The number of ether oxygens (including phenoxy) is 1. The first-order valence-corrected chi connectivity index (χ1v) is 13.9. The maximum Gasteiger partial charge on any atom is 0.306 e. The number of benzene rings is 1. The Kier molecular flexibility index (Phi) is 9.78. The van der Waals surface area contributed by atoms with Crippen molar-refractivity contribution in [1.82, 2.24) is 15.2 Å². The van der Waals surface area contributed by atoms with Crippen molar-refractivity contribution in [2.45, 2.75) is 39.7 Å². The van der Waals surface area contributed by atoms with E-state index in [4.69, 9.17) is 14.3 Å². The van der Waals surface area contributed by atoms with Crippen LogP contribution in [0, 0.1) is 5.41 Å². The first kappa shape index (κ1) is 32.0. The number of anilines is 1. The third-order valence-electron chi connectivity index (χ3n) is 5.96. The Hall–Kier alpha value is -3.19. The van der Waals surface area contributed by atoms with Crippen molar-refractivity contribution in [3.05, 3.63) is 46.3 Å². The Morgan fingerprint density at radius 2 is 1.85 bits per heavy atom. The molecule has 0 bridgehead atoms. The van der Waals surface area contributed by atoms with Crippen molar-refractivity contribution in [2.24, 2.45) is 0 Å². The Morgan fingerprint density at radius 3 is 2.36 bits per heavy atom. The van der Waals surface area contributed by atoms with Gasteiger partial charge in [-0.05, 0) is 30.5 Å². The SMILES string of the molecule is Br.CCOc1cc2c(nc1C(=O)NC)C(=N)N(CC(=O)c1cc(N(C)C)c(OS(C)(=O)=O)c(C(C)(C)C)c1)C2. The van der Waals surface area contributed by atoms with Crippen LogP contribution >= 0.6 is 17.0 Å². The molecule has 0 saturated carbocycles. The van der Waals surface area contributed by atoms with Crippen LogP contribution in [0.25, 0.3) is 0 Å². The number of amides is 1. The van der Waals surface area contributed by atoms with E-state index in [1.165, 1.54) is 7.05 Å². The van der Waals surface area contributed by atoms with E-state index >= 15 is 0 Å². The van der Waals surface area contributed by atoms with Crippen LogP contribution in [-0.2, 0) is 22.1 Å². The number of aromatic nitrogens is 1. The number of rotatable bonds is 9. The molecule has 0 saturated heterocycles. The summed E-state index contributed by atoms with van der Waals surface area (Å²) in [5.41, 5.74) is 1.92. The minimum Gasteiger partial charge on any atom is -0.491 e. The standard InChI is InChI=1S/C26H35N5O6S.BrH/c1-9-36-20-12-16-13-31(24(27)21(16)29-22(20)25(33)28-5)14-19(32)15-10-17(26(2,3)4)23(37-38(8,34)35)18(11-15)30(6)7;/h10-12,27H,9,13-14H2,1-8H3,(H,28,33);1H. The largest absolute Gasteiger partial charge is 0.491 e. The van der Waals surface area contributed by atoms with E-state index in [9.17, 15) is 18.0 Å². The maximum absolute atomic E-state index is 13.5. The second-order valence-corrected chi connectivity index (χ2v) is 11.9. The number of Topliss-reactive ketones (excluding diaryl/α,β-unsaturated/α-hetero) is 1. The molecule has 3 rings (SSSR count). The molecular weight excluding hydrogens is 590 g/mol. The monoisotopic (exact) mass is 625 g/mol. The Balaban J connectivity index is 0.00000533. The van der Waals surface area contributed by atoms with Gasteiger partial charge in [0.15, 0.2) is 23.0 Å². The number of nitrogens with zero attached hydrogens (tertiary/aromatic N) is 3. The second-order valence-electron chi connectivity index (χ2n) is 10.3. The van der Waals surface area contributed by atoms with Gasteiger partial charge in [-0.15, -0.1) is 17.0 Å². The summed E-state index contributed by atoms with van der Waals surface area (Å²) < 4.78 is 35.0. The second kappa shape index (κ2) is 11.9. The van der Waals surface area contributed by atoms with E-state index in [2.05, 4.69) is 10.3 Å². The van der Waals surface area contributed by atoms with Crippen LogP contribution in [0.1, 0.15) is 65.4 Å². The Bertz CT molecular complexity index is 1400. The van der Waals surface area contributed by atoms with Crippen molar-refractivity contribution in [3.8, 4) is 11.5 Å². The zero-order chi connectivity index (χ0) is 28.6. The minimum atomic E-state index is -3.82. The van der Waals surface area contributed by atoms with Crippen molar-refractivity contribution < 1.29 is 26.9 Å². The molecule has 1 aromatic heterocycles. The van der Waals surface area contributed by atoms with E-state index in [0.717, 1.165) is 6.26 Å². The van der Waals surface area contributed by atoms with E-state index < -0.39 is 21.4 Å². The highest BCUT2D eigenvalue weighted by molar-refractivity contribution is 8.93. The molecule has 11 nitrogen and oxygen atoms in total. The number of fused-ring (bicyclic) bond motifs is 1. The molecule has 13 heteroatoms. The van der Waals surface area contributed by atoms with Crippen LogP contribution in [0.4, 0.5) is 5.69 Å². The van der Waals surface area contributed by atoms with Gasteiger partial charge in [-0.25, -0.2) is 4.98 Å². The average molecular weight is 627 g/mol. The van der Waals surface area contributed by atoms with Crippen LogP contribution in [0.15, 0.2) is 18.2 Å². The Labute approximate surface area is 240 Å². The molecular formula is C26H36BrN5O6S. The molecule has 2 heterocycles. The van der Waals surface area contributed by atoms with E-state index in [0.29, 0.717) is 40.4 Å². The summed E-state index contributed by atoms with van der Waals surface area (Å²) in [5, 5.41) is 11.2. The summed E-state index contributed by atoms with van der Waals surface area (Å²) in [6.45, 7) is 8.00. The number of hydrogen-bond donors (Lipinski definition) is 2. The zero-order valence-electron chi connectivity index (χ0n) is 23.5. The van der Waals surface area contributed by atoms with E-state index in [1.54, 1.807) is 49.0 Å². The lowest BCUT2D eigenvalue weighted by Crippen LogP contribution is -2.31. The topological polar surface area (TPSA) is 142 Å². The van der Waals surface area contributed by atoms with Crippen molar-refractivity contribution in [3.63, 3.8) is 0 Å². The molecule has 39 heavy (non-hydrogen) atoms. The van der Waals surface area contributed by atoms with Gasteiger partial charge in [0.05, 0.1) is 25.1 Å². The third-order valence-corrected chi connectivity index (χ3v) is 6.43. The normalized spacial score (nSPS) is 12.9. The maximum atomic E-state index is 13.5. The first-order chi connectivity index (χ1) is 17.6. The van der Waals surface area contributed by atoms with Crippen LogP contribution in [0.3, 0.4) is 0 Å². The highest BCUT2D eigenvalue weighted by Crippen LogP contribution is 2.40. The van der Waals surface area contributed by atoms with Crippen LogP contribution in [-0.4, -0.2) is 76.4 Å². The lowest BCUT2D eigenvalue weighted by molar-refractivity contribution is 0.0949. The molecule has 214 valence electrons. The number of pyridine rings is 1. The first-order valence-electron chi connectivity index (χ1n) is 12.1. The molecule has 2 N–H and O–H groups in total. The summed E-state index contributed by atoms with van der Waals surface area (Å²) in [6.07, 6.45) is 0.981. The molecule has 0 aliphatic carbocycles. The summed E-state index contributed by atoms with van der Waals surface area (Å²) in [6, 6.07) is 4.94. The minimum absolute atomic E-state index is 0. The number of carbonyl (C=O) groups excluding carboxylic acids is 2. The van der Waals surface area contributed by atoms with Gasteiger partial charge in [0.2, 0.25) is 0 Å². The number of hydrogen-bond acceptors (Lipinski definition) is 9. The smallest absolute Gasteiger partial charge is 0.306 e. The van der Waals surface area contributed by atoms with E-state index in [-0.39, 0.29) is 53.1 Å². The molecule has 1 aliphatic heterocycles. The lowest BCUT2D eigenvalue weighted by Gasteiger charge is -2.27. The fraction of sp³-hybridized carbons (Fsp3) is 0.462. The number of ketones is 1. The van der Waals surface area contributed by atoms with Crippen LogP contribution in [0.2, 0.25) is 0 Å². The van der Waals surface area contributed by atoms with Gasteiger partial charge in [-0.1, -0.05) is 20.8 Å². The Morgan fingerprint density at radius 1 is 1.21 bits per heavy atom. The molecule has 0 atom stereocenters. The molecule has 0 unspecified atom stereocenters. The predicted octanol–water partition coefficient (Wildman–Crippen LogP) is 3.14. The summed E-state index contributed by atoms with van der Waals surface area (Å²) >= 11 is 0. The zero-order valence-corrected chi connectivity index (χ0v) is 26.0. The molecule has 1 aromatic carbocycles. The molecule has 2 aromatic rings. The van der Waals surface area contributed by atoms with Gasteiger partial charge >= 0.3 is 10.1 Å². The van der Waals surface area contributed by atoms with Crippen molar-refractivity contribution in [2.75, 3.05) is 45.5 Å². The number of halogens is 1. The summed E-state index contributed by atoms with van der Waals surface area (Å²) in [5.74, 6) is -0.169. The predicted molar refractivity (Wildman–Crippen MR) is 156 cm³/mol. The molecule has 1 amide bonds. The molecule has 1 aliphatic rings. The third kappa shape index (κ3) is 7.07. The molecule has 0 spiro atoms. The van der Waals surface area contributed by atoms with Gasteiger partial charge < -0.3 is 24.0 Å². The molecule has 0 radical (unpaired) electrons. The summed E-state index contributed by atoms with van der Waals surface area (Å²) in [7, 11) is 1.15. The quantitative estimate of drug-likeness (QED) is 0.317. The fourth-order valence-corrected chi connectivity index (χ4v) is 4.62. The number of carbonyl (C=O) groups is 2. The van der Waals surface area contributed by atoms with Crippen molar-refractivity contribution >= 4 is 50.3 Å². The van der Waals surface area contributed by atoms with Gasteiger partial charge in [0, 0.05) is 44.4 Å². The van der Waals surface area contributed by atoms with Crippen LogP contribution < -0.4 is 19.1 Å². The highest BCUT2D eigenvalue weighted by Gasteiger charge is 2.32. The summed E-state index contributed by atoms with van der Waals surface area (Å²) in [4.78, 5) is 33.5. The highest BCUT2D eigenvalue weighted by atomic mass is 79.9. The van der Waals surface area contributed by atoms with Gasteiger partial charge in [-0.2, -0.15) is 8.42 Å². The van der Waals surface area contributed by atoms with E-state index in [1.807, 2.05) is 20.8 Å². The average Bonchev–Trinajstić information content (AvgIpc) is 3.10. The van der Waals surface area contributed by atoms with Gasteiger partial charge in [-0.3, -0.25) is 15.0 Å². The van der Waals surface area contributed by atoms with Crippen LogP contribution in [0.5, 0.6) is 11.5 Å². The van der Waals surface area contributed by atoms with Crippen molar-refractivity contribution in [1.29, 1.82) is 5.41 Å². The fourth-order valence-electron chi connectivity index (χ4n) is 4.14. The van der Waals surface area contributed by atoms with Gasteiger partial charge in [0.25, 0.3) is 5.91 Å².